The third-order valence-electron chi connectivity index (χ3n) is 4.74. The molecule has 0 amide bonds. The molecule has 2 saturated heterocycles. The molecule has 134 valence electrons. The van der Waals surface area contributed by atoms with Crippen LogP contribution < -0.4 is 9.80 Å². The summed E-state index contributed by atoms with van der Waals surface area (Å²) in [5.41, 5.74) is 1.48. The van der Waals surface area contributed by atoms with E-state index in [9.17, 15) is 18.5 Å². The number of nitro benzene ring substituents is 1. The van der Waals surface area contributed by atoms with E-state index in [1.54, 1.807) is 17.0 Å². The summed E-state index contributed by atoms with van der Waals surface area (Å²) in [6, 6.07) is 14.9. The number of rotatable bonds is 3. The molecule has 7 nitrogen and oxygen atoms in total. The molecule has 0 spiro atoms. The number of anilines is 2. The van der Waals surface area contributed by atoms with E-state index in [1.807, 2.05) is 35.2 Å². The van der Waals surface area contributed by atoms with Crippen LogP contribution in [0.5, 0.6) is 0 Å². The molecule has 0 aromatic heterocycles. The third-order valence-corrected chi connectivity index (χ3v) is 6.83. The average molecular weight is 389 g/mol. The second kappa shape index (κ2) is 6.03. The van der Waals surface area contributed by atoms with Crippen LogP contribution in [0.2, 0.25) is 0 Å². The summed E-state index contributed by atoms with van der Waals surface area (Å²) in [5.74, 6) is 0.0499. The van der Waals surface area contributed by atoms with Crippen molar-refractivity contribution in [3.8, 4) is 0 Å². The molecule has 2 heterocycles. The predicted octanol–water partition coefficient (Wildman–Crippen LogP) is 2.37. The average Bonchev–Trinajstić information content (AvgIpc) is 3.04. The van der Waals surface area contributed by atoms with Crippen LogP contribution in [0.1, 0.15) is 0 Å². The van der Waals surface area contributed by atoms with Crippen molar-refractivity contribution in [1.29, 1.82) is 0 Å². The van der Waals surface area contributed by atoms with Gasteiger partial charge in [0.05, 0.1) is 28.5 Å². The predicted molar refractivity (Wildman–Crippen MR) is 103 cm³/mol. The maximum atomic E-state index is 12.3. The summed E-state index contributed by atoms with van der Waals surface area (Å²) in [4.78, 5) is 14.1. The number of para-hydroxylation sites is 1. The van der Waals surface area contributed by atoms with Crippen LogP contribution in [0, 0.1) is 10.1 Å². The Bertz CT molecular complexity index is 977. The Morgan fingerprint density at radius 1 is 0.923 bits per heavy atom. The van der Waals surface area contributed by atoms with E-state index < -0.39 is 14.8 Å². The van der Waals surface area contributed by atoms with Crippen LogP contribution >= 0.6 is 12.2 Å². The normalized spacial score (nSPS) is 23.9. The second-order valence-corrected chi connectivity index (χ2v) is 8.86. The van der Waals surface area contributed by atoms with Crippen molar-refractivity contribution in [3.63, 3.8) is 0 Å². The highest BCUT2D eigenvalue weighted by Gasteiger charge is 2.52. The van der Waals surface area contributed by atoms with Gasteiger partial charge in [-0.05, 0) is 36.5 Å². The van der Waals surface area contributed by atoms with Crippen molar-refractivity contribution in [3.05, 3.63) is 64.7 Å². The zero-order valence-electron chi connectivity index (χ0n) is 13.6. The molecule has 26 heavy (non-hydrogen) atoms. The van der Waals surface area contributed by atoms with E-state index >= 15 is 0 Å². The summed E-state index contributed by atoms with van der Waals surface area (Å²) >= 11 is 5.66. The van der Waals surface area contributed by atoms with Gasteiger partial charge < -0.3 is 9.80 Å². The van der Waals surface area contributed by atoms with Crippen molar-refractivity contribution in [1.82, 2.24) is 0 Å². The van der Waals surface area contributed by atoms with E-state index in [4.69, 9.17) is 12.2 Å². The fourth-order valence-electron chi connectivity index (χ4n) is 3.63. The molecule has 0 bridgehead atoms. The number of benzene rings is 2. The minimum atomic E-state index is -3.18. The van der Waals surface area contributed by atoms with Crippen molar-refractivity contribution >= 4 is 44.2 Å². The summed E-state index contributed by atoms with van der Waals surface area (Å²) in [7, 11) is -3.18. The molecule has 0 unspecified atom stereocenters. The van der Waals surface area contributed by atoms with Gasteiger partial charge in [0.25, 0.3) is 5.69 Å². The monoisotopic (exact) mass is 389 g/mol. The van der Waals surface area contributed by atoms with E-state index in [2.05, 4.69) is 0 Å². The van der Waals surface area contributed by atoms with Crippen molar-refractivity contribution in [2.24, 2.45) is 0 Å². The molecule has 2 aliphatic heterocycles. The maximum absolute atomic E-state index is 12.3. The number of nitrogens with zero attached hydrogens (tertiary/aromatic N) is 3. The highest BCUT2D eigenvalue weighted by molar-refractivity contribution is 7.91. The quantitative estimate of drug-likeness (QED) is 0.453. The SMILES string of the molecule is O=[N+]([O-])c1ccc(N2C(=S)N(c3ccccc3)[C@@H]3CS(=O)(=O)C[C@H]32)cc1. The lowest BCUT2D eigenvalue weighted by atomic mass is 10.1. The van der Waals surface area contributed by atoms with Crippen molar-refractivity contribution < 1.29 is 13.3 Å². The topological polar surface area (TPSA) is 83.8 Å². The highest BCUT2D eigenvalue weighted by Crippen LogP contribution is 2.38. The smallest absolute Gasteiger partial charge is 0.269 e. The fourth-order valence-corrected chi connectivity index (χ4v) is 6.03. The molecule has 0 aliphatic carbocycles. The minimum Gasteiger partial charge on any atom is -0.312 e. The maximum Gasteiger partial charge on any atom is 0.269 e. The number of nitro groups is 1. The first-order valence-corrected chi connectivity index (χ1v) is 10.2. The highest BCUT2D eigenvalue weighted by atomic mass is 32.2. The zero-order valence-corrected chi connectivity index (χ0v) is 15.2. The third kappa shape index (κ3) is 2.73. The first-order chi connectivity index (χ1) is 12.4. The van der Waals surface area contributed by atoms with Crippen LogP contribution in [-0.4, -0.2) is 42.0 Å². The van der Waals surface area contributed by atoms with Crippen molar-refractivity contribution in [2.75, 3.05) is 21.3 Å². The minimum absolute atomic E-state index is 0.0120. The standard InChI is InChI=1S/C17H15N3O4S2/c21-20(22)14-8-6-13(7-9-14)19-16-11-26(23,24)10-15(16)18(17(19)25)12-4-2-1-3-5-12/h1-9,15-16H,10-11H2/t15-,16-/m1/s1. The summed E-state index contributed by atoms with van der Waals surface area (Å²) in [6.45, 7) is 0. The number of fused-ring (bicyclic) bond motifs is 1. The molecule has 0 N–H and O–H groups in total. The van der Waals surface area contributed by atoms with Gasteiger partial charge in [0.2, 0.25) is 0 Å². The van der Waals surface area contributed by atoms with Gasteiger partial charge in [-0.1, -0.05) is 18.2 Å². The van der Waals surface area contributed by atoms with E-state index in [0.29, 0.717) is 10.8 Å². The molecule has 2 aromatic rings. The Morgan fingerprint density at radius 3 is 1.92 bits per heavy atom. The molecule has 2 atom stereocenters. The summed E-state index contributed by atoms with van der Waals surface area (Å²) in [6.07, 6.45) is 0. The van der Waals surface area contributed by atoms with E-state index in [1.165, 1.54) is 12.1 Å². The number of non-ortho nitro benzene ring substituents is 1. The summed E-state index contributed by atoms with van der Waals surface area (Å²) in [5, 5.41) is 11.4. The van der Waals surface area contributed by atoms with Gasteiger partial charge in [-0.2, -0.15) is 0 Å². The molecule has 2 fully saturated rings. The molecule has 2 aliphatic rings. The Hall–Kier alpha value is -2.52. The number of sulfone groups is 1. The van der Waals surface area contributed by atoms with Gasteiger partial charge in [-0.25, -0.2) is 8.42 Å². The van der Waals surface area contributed by atoms with Crippen molar-refractivity contribution in [2.45, 2.75) is 12.1 Å². The van der Waals surface area contributed by atoms with Crippen LogP contribution in [0.4, 0.5) is 17.1 Å². The molecular weight excluding hydrogens is 374 g/mol. The van der Waals surface area contributed by atoms with Gasteiger partial charge in [-0.15, -0.1) is 0 Å². The van der Waals surface area contributed by atoms with Gasteiger partial charge >= 0.3 is 0 Å². The molecule has 4 rings (SSSR count). The summed E-state index contributed by atoms with van der Waals surface area (Å²) < 4.78 is 24.5. The second-order valence-electron chi connectivity index (χ2n) is 6.34. The molecule has 2 aromatic carbocycles. The lowest BCUT2D eigenvalue weighted by Crippen LogP contribution is -2.37. The first-order valence-electron chi connectivity index (χ1n) is 8.00. The van der Waals surface area contributed by atoms with Gasteiger partial charge in [0, 0.05) is 23.5 Å². The van der Waals surface area contributed by atoms with Gasteiger partial charge in [0.1, 0.15) is 0 Å². The lowest BCUT2D eigenvalue weighted by Gasteiger charge is -2.25. The van der Waals surface area contributed by atoms with Gasteiger partial charge in [0.15, 0.2) is 14.9 Å². The Kier molecular flexibility index (Phi) is 3.92. The largest absolute Gasteiger partial charge is 0.312 e. The van der Waals surface area contributed by atoms with E-state index in [-0.39, 0.29) is 29.3 Å². The molecule has 0 saturated carbocycles. The van der Waals surface area contributed by atoms with Crippen LogP contribution in [0.15, 0.2) is 54.6 Å². The fraction of sp³-hybridized carbons (Fsp3) is 0.235. The van der Waals surface area contributed by atoms with Crippen LogP contribution in [0.3, 0.4) is 0 Å². The van der Waals surface area contributed by atoms with Crippen LogP contribution in [-0.2, 0) is 9.84 Å². The number of thiocarbonyl (C=S) groups is 1. The molecule has 0 radical (unpaired) electrons. The Balaban J connectivity index is 1.77. The molecular formula is C17H15N3O4S2. The molecule has 9 heteroatoms. The van der Waals surface area contributed by atoms with E-state index in [0.717, 1.165) is 5.69 Å². The van der Waals surface area contributed by atoms with Gasteiger partial charge in [-0.3, -0.25) is 10.1 Å². The Labute approximate surface area is 155 Å². The zero-order chi connectivity index (χ0) is 18.5. The number of hydrogen-bond donors (Lipinski definition) is 0. The van der Waals surface area contributed by atoms with Crippen LogP contribution in [0.25, 0.3) is 0 Å². The lowest BCUT2D eigenvalue weighted by molar-refractivity contribution is -0.384. The number of hydrogen-bond acceptors (Lipinski definition) is 5. The first kappa shape index (κ1) is 16.9. The Morgan fingerprint density at radius 2 is 1.42 bits per heavy atom.